The fraction of sp³-hybridized carbons (Fsp3) is 0.250. The number of hydrogen-bond acceptors (Lipinski definition) is 5. The summed E-state index contributed by atoms with van der Waals surface area (Å²) in [5.41, 5.74) is 0.745. The predicted octanol–water partition coefficient (Wildman–Crippen LogP) is 1.60. The number of aryl methyl sites for hydroxylation is 1. The summed E-state index contributed by atoms with van der Waals surface area (Å²) in [6, 6.07) is 8.92. The number of carbonyl (C=O) groups excluding carboxylic acids is 2. The number of carbonyl (C=O) groups is 2. The van der Waals surface area contributed by atoms with E-state index in [9.17, 15) is 18.0 Å². The average Bonchev–Trinajstić information content (AvgIpc) is 3.02. The summed E-state index contributed by atoms with van der Waals surface area (Å²) in [6.45, 7) is 3.56. The highest BCUT2D eigenvalue weighted by Gasteiger charge is 2.20. The largest absolute Gasteiger partial charge is 0.456 e. The lowest BCUT2D eigenvalue weighted by atomic mass is 10.2. The molecular formula is C16H18N2O5S. The zero-order valence-corrected chi connectivity index (χ0v) is 14.1. The van der Waals surface area contributed by atoms with Crippen molar-refractivity contribution in [2.75, 3.05) is 0 Å². The van der Waals surface area contributed by atoms with E-state index < -0.39 is 15.9 Å². The highest BCUT2D eigenvalue weighted by atomic mass is 32.2. The fourth-order valence-corrected chi connectivity index (χ4v) is 2.89. The van der Waals surface area contributed by atoms with E-state index in [2.05, 4.69) is 5.32 Å². The molecule has 0 saturated carbocycles. The van der Waals surface area contributed by atoms with Crippen LogP contribution in [0.1, 0.15) is 35.7 Å². The number of amides is 2. The number of benzene rings is 1. The number of sulfonamides is 1. The monoisotopic (exact) mass is 350 g/mol. The molecule has 8 heteroatoms. The molecule has 0 aliphatic rings. The van der Waals surface area contributed by atoms with Gasteiger partial charge in [-0.3, -0.25) is 9.59 Å². The Hall–Kier alpha value is -2.61. The molecule has 0 aliphatic carbocycles. The molecule has 1 aromatic heterocycles. The van der Waals surface area contributed by atoms with Crippen LogP contribution in [0.5, 0.6) is 0 Å². The molecule has 0 bridgehead atoms. The minimum atomic E-state index is -4.00. The fourth-order valence-electron chi connectivity index (χ4n) is 1.93. The molecule has 2 aromatic rings. The van der Waals surface area contributed by atoms with E-state index in [-0.39, 0.29) is 16.6 Å². The zero-order chi connectivity index (χ0) is 17.7. The topological polar surface area (TPSA) is 105 Å². The smallest absolute Gasteiger partial charge is 0.300 e. The molecule has 0 unspecified atom stereocenters. The Morgan fingerprint density at radius 2 is 1.75 bits per heavy atom. The van der Waals surface area contributed by atoms with Crippen LogP contribution in [-0.2, 0) is 27.8 Å². The molecule has 128 valence electrons. The zero-order valence-electron chi connectivity index (χ0n) is 13.3. The van der Waals surface area contributed by atoms with Crippen molar-refractivity contribution in [3.63, 3.8) is 0 Å². The van der Waals surface area contributed by atoms with Gasteiger partial charge in [-0.25, -0.2) is 13.1 Å². The second-order valence-electron chi connectivity index (χ2n) is 5.11. The molecule has 2 amide bonds. The molecule has 24 heavy (non-hydrogen) atoms. The lowest BCUT2D eigenvalue weighted by molar-refractivity contribution is -0.119. The predicted molar refractivity (Wildman–Crippen MR) is 86.7 cm³/mol. The highest BCUT2D eigenvalue weighted by molar-refractivity contribution is 7.90. The summed E-state index contributed by atoms with van der Waals surface area (Å²) in [5, 5.41) is 2.61. The minimum absolute atomic E-state index is 0.0512. The van der Waals surface area contributed by atoms with Gasteiger partial charge in [-0.2, -0.15) is 0 Å². The Bertz CT molecular complexity index is 838. The normalized spacial score (nSPS) is 11.1. The van der Waals surface area contributed by atoms with Gasteiger partial charge in [0.15, 0.2) is 5.76 Å². The molecule has 0 saturated heterocycles. The number of hydrogen-bond donors (Lipinski definition) is 2. The van der Waals surface area contributed by atoms with Gasteiger partial charge in [0.25, 0.3) is 10.0 Å². The maximum atomic E-state index is 12.2. The molecule has 2 N–H and O–H groups in total. The Labute approximate surface area is 140 Å². The van der Waals surface area contributed by atoms with Crippen molar-refractivity contribution in [2.24, 2.45) is 0 Å². The SMILES string of the molecule is CCc1ccc(C(=O)NS(=O)(=O)c2ccc(CNC(C)=O)cc2)o1. The molecule has 0 aliphatic heterocycles. The van der Waals surface area contributed by atoms with Gasteiger partial charge in [0, 0.05) is 19.9 Å². The van der Waals surface area contributed by atoms with Crippen molar-refractivity contribution >= 4 is 21.8 Å². The van der Waals surface area contributed by atoms with Gasteiger partial charge in [0.05, 0.1) is 4.90 Å². The van der Waals surface area contributed by atoms with Gasteiger partial charge in [-0.05, 0) is 29.8 Å². The van der Waals surface area contributed by atoms with Gasteiger partial charge in [-0.1, -0.05) is 19.1 Å². The van der Waals surface area contributed by atoms with E-state index >= 15 is 0 Å². The Morgan fingerprint density at radius 3 is 2.29 bits per heavy atom. The van der Waals surface area contributed by atoms with Gasteiger partial charge in [-0.15, -0.1) is 0 Å². The first-order valence-electron chi connectivity index (χ1n) is 7.31. The van der Waals surface area contributed by atoms with Gasteiger partial charge in [0.1, 0.15) is 5.76 Å². The third kappa shape index (κ3) is 4.45. The van der Waals surface area contributed by atoms with Crippen LogP contribution in [0, 0.1) is 0 Å². The van der Waals surface area contributed by atoms with Crippen molar-refractivity contribution < 1.29 is 22.4 Å². The van der Waals surface area contributed by atoms with Crippen molar-refractivity contribution in [2.45, 2.75) is 31.7 Å². The summed E-state index contributed by atoms with van der Waals surface area (Å²) in [7, 11) is -4.00. The molecule has 0 atom stereocenters. The second kappa shape index (κ2) is 7.31. The molecule has 2 rings (SSSR count). The van der Waals surface area contributed by atoms with Gasteiger partial charge in [0.2, 0.25) is 5.91 Å². The summed E-state index contributed by atoms with van der Waals surface area (Å²) in [6.07, 6.45) is 0.607. The van der Waals surface area contributed by atoms with Gasteiger partial charge < -0.3 is 9.73 Å². The summed E-state index contributed by atoms with van der Waals surface area (Å²) < 4.78 is 31.7. The third-order valence-electron chi connectivity index (χ3n) is 3.24. The van der Waals surface area contributed by atoms with Crippen molar-refractivity contribution in [3.05, 3.63) is 53.5 Å². The molecule has 0 spiro atoms. The van der Waals surface area contributed by atoms with Crippen LogP contribution in [0.3, 0.4) is 0 Å². The lowest BCUT2D eigenvalue weighted by Crippen LogP contribution is -2.30. The third-order valence-corrected chi connectivity index (χ3v) is 4.58. The summed E-state index contributed by atoms with van der Waals surface area (Å²) in [5.74, 6) is -0.460. The Morgan fingerprint density at radius 1 is 1.08 bits per heavy atom. The van der Waals surface area contributed by atoms with Crippen LogP contribution in [0.2, 0.25) is 0 Å². The molecule has 7 nitrogen and oxygen atoms in total. The molecule has 1 heterocycles. The van der Waals surface area contributed by atoms with Crippen LogP contribution in [0.25, 0.3) is 0 Å². The van der Waals surface area contributed by atoms with Crippen molar-refractivity contribution in [1.29, 1.82) is 0 Å². The highest BCUT2D eigenvalue weighted by Crippen LogP contribution is 2.13. The first kappa shape index (κ1) is 17.7. The van der Waals surface area contributed by atoms with Crippen molar-refractivity contribution in [3.8, 4) is 0 Å². The number of rotatable bonds is 6. The second-order valence-corrected chi connectivity index (χ2v) is 6.79. The first-order valence-corrected chi connectivity index (χ1v) is 8.79. The standard InChI is InChI=1S/C16H18N2O5S/c1-3-13-6-9-15(23-13)16(20)18-24(21,22)14-7-4-12(5-8-14)10-17-11(2)19/h4-9H,3,10H2,1-2H3,(H,17,19)(H,18,20). The van der Waals surface area contributed by atoms with Crippen LogP contribution < -0.4 is 10.0 Å². The Balaban J connectivity index is 2.09. The van der Waals surface area contributed by atoms with Crippen LogP contribution in [0.15, 0.2) is 45.7 Å². The van der Waals surface area contributed by atoms with E-state index in [1.165, 1.54) is 25.1 Å². The number of nitrogens with one attached hydrogen (secondary N) is 2. The van der Waals surface area contributed by atoms with Crippen LogP contribution in [0.4, 0.5) is 0 Å². The molecule has 0 radical (unpaired) electrons. The van der Waals surface area contributed by atoms with E-state index in [1.807, 2.05) is 11.6 Å². The van der Waals surface area contributed by atoms with Crippen molar-refractivity contribution in [1.82, 2.24) is 10.0 Å². The first-order chi connectivity index (χ1) is 11.3. The molecule has 1 aromatic carbocycles. The van der Waals surface area contributed by atoms with E-state index in [0.29, 0.717) is 18.7 Å². The van der Waals surface area contributed by atoms with Crippen LogP contribution in [-0.4, -0.2) is 20.2 Å². The van der Waals surface area contributed by atoms with E-state index in [1.54, 1.807) is 18.2 Å². The maximum absolute atomic E-state index is 12.2. The average molecular weight is 350 g/mol. The molecule has 0 fully saturated rings. The lowest BCUT2D eigenvalue weighted by Gasteiger charge is -2.07. The van der Waals surface area contributed by atoms with Crippen LogP contribution >= 0.6 is 0 Å². The quantitative estimate of drug-likeness (QED) is 0.823. The summed E-state index contributed by atoms with van der Waals surface area (Å²) in [4.78, 5) is 22.8. The minimum Gasteiger partial charge on any atom is -0.456 e. The van der Waals surface area contributed by atoms with Gasteiger partial charge >= 0.3 is 5.91 Å². The number of furan rings is 1. The van der Waals surface area contributed by atoms with E-state index in [0.717, 1.165) is 5.56 Å². The molecular weight excluding hydrogens is 332 g/mol. The van der Waals surface area contributed by atoms with E-state index in [4.69, 9.17) is 4.42 Å². The Kier molecular flexibility index (Phi) is 5.40. The summed E-state index contributed by atoms with van der Waals surface area (Å²) >= 11 is 0. The maximum Gasteiger partial charge on any atom is 0.300 e.